The molecule has 0 bridgehead atoms. The lowest BCUT2D eigenvalue weighted by Gasteiger charge is -2.13. The predicted molar refractivity (Wildman–Crippen MR) is 57.6 cm³/mol. The van der Waals surface area contributed by atoms with Crippen LogP contribution in [0.3, 0.4) is 0 Å². The third kappa shape index (κ3) is 7.69. The van der Waals surface area contributed by atoms with Crippen molar-refractivity contribution in [2.24, 2.45) is 9.98 Å². The predicted octanol–water partition coefficient (Wildman–Crippen LogP) is 1.96. The van der Waals surface area contributed by atoms with Crippen molar-refractivity contribution in [3.05, 3.63) is 0 Å². The van der Waals surface area contributed by atoms with E-state index in [1.807, 2.05) is 6.92 Å². The Morgan fingerprint density at radius 3 is 2.54 bits per heavy atom. The Hall–Kier alpha value is -0.660. The Morgan fingerprint density at radius 1 is 1.23 bits per heavy atom. The van der Waals surface area contributed by atoms with Crippen molar-refractivity contribution in [3.63, 3.8) is 0 Å². The van der Waals surface area contributed by atoms with Crippen molar-refractivity contribution in [2.75, 3.05) is 19.6 Å². The fraction of sp³-hybridized carbons (Fsp3) is 0.900. The molecule has 0 fully saturated rings. The summed E-state index contributed by atoms with van der Waals surface area (Å²) in [6.45, 7) is 8.94. The topological polar surface area (TPSA) is 36.8 Å². The van der Waals surface area contributed by atoms with Crippen LogP contribution in [0.25, 0.3) is 0 Å². The van der Waals surface area contributed by atoms with E-state index in [9.17, 15) is 0 Å². The highest BCUT2D eigenvalue weighted by Gasteiger charge is 2.01. The second kappa shape index (κ2) is 9.43. The van der Waals surface area contributed by atoms with Crippen LogP contribution in [-0.4, -0.2) is 31.7 Å². The van der Waals surface area contributed by atoms with Gasteiger partial charge in [0, 0.05) is 12.6 Å². The van der Waals surface area contributed by atoms with Gasteiger partial charge < -0.3 is 5.32 Å². The van der Waals surface area contributed by atoms with E-state index in [0.29, 0.717) is 6.04 Å². The molecule has 13 heavy (non-hydrogen) atoms. The smallest absolute Gasteiger partial charge is 0.0892 e. The first-order valence-electron chi connectivity index (χ1n) is 5.16. The molecule has 0 aromatic carbocycles. The van der Waals surface area contributed by atoms with Gasteiger partial charge in [0.05, 0.1) is 12.6 Å². The van der Waals surface area contributed by atoms with Gasteiger partial charge in [-0.2, -0.15) is 0 Å². The third-order valence-electron chi connectivity index (χ3n) is 1.87. The van der Waals surface area contributed by atoms with Crippen molar-refractivity contribution in [2.45, 2.75) is 39.7 Å². The highest BCUT2D eigenvalue weighted by atomic mass is 14.9. The van der Waals surface area contributed by atoms with Gasteiger partial charge in [-0.25, -0.2) is 9.98 Å². The van der Waals surface area contributed by atoms with Gasteiger partial charge in [0.15, 0.2) is 0 Å². The molecule has 0 heterocycles. The van der Waals surface area contributed by atoms with Crippen molar-refractivity contribution < 1.29 is 0 Å². The van der Waals surface area contributed by atoms with Crippen LogP contribution in [-0.2, 0) is 0 Å². The molecule has 0 aromatic heterocycles. The van der Waals surface area contributed by atoms with E-state index in [4.69, 9.17) is 0 Å². The zero-order valence-electron chi connectivity index (χ0n) is 9.01. The van der Waals surface area contributed by atoms with Crippen LogP contribution in [0.4, 0.5) is 0 Å². The maximum absolute atomic E-state index is 4.07. The first-order chi connectivity index (χ1) is 6.35. The summed E-state index contributed by atoms with van der Waals surface area (Å²) < 4.78 is 0. The van der Waals surface area contributed by atoms with Crippen LogP contribution in [0.5, 0.6) is 0 Å². The van der Waals surface area contributed by atoms with E-state index in [1.165, 1.54) is 0 Å². The molecule has 0 aliphatic carbocycles. The summed E-state index contributed by atoms with van der Waals surface area (Å²) in [7, 11) is 0. The normalized spacial score (nSPS) is 11.9. The van der Waals surface area contributed by atoms with Gasteiger partial charge in [0.25, 0.3) is 0 Å². The highest BCUT2D eigenvalue weighted by molar-refractivity contribution is 5.40. The average molecular weight is 183 g/mol. The molecule has 0 aliphatic heterocycles. The van der Waals surface area contributed by atoms with Crippen molar-refractivity contribution in [1.29, 1.82) is 0 Å². The zero-order chi connectivity index (χ0) is 9.94. The molecule has 0 radical (unpaired) electrons. The summed E-state index contributed by atoms with van der Waals surface area (Å²) >= 11 is 0. The van der Waals surface area contributed by atoms with Crippen LogP contribution < -0.4 is 5.32 Å². The average Bonchev–Trinajstić information content (AvgIpc) is 2.16. The fourth-order valence-corrected chi connectivity index (χ4v) is 1.13. The van der Waals surface area contributed by atoms with Crippen molar-refractivity contribution in [3.8, 4) is 0 Å². The van der Waals surface area contributed by atoms with E-state index in [-0.39, 0.29) is 0 Å². The lowest BCUT2D eigenvalue weighted by molar-refractivity contribution is 0.487. The number of hydrogen-bond acceptors (Lipinski definition) is 3. The number of nitrogens with zero attached hydrogens (tertiary/aromatic N) is 2. The molecule has 3 heteroatoms. The first kappa shape index (κ1) is 12.3. The number of rotatable bonds is 7. The number of aliphatic imine (C=N–C) groups is 2. The van der Waals surface area contributed by atoms with Gasteiger partial charge >= 0.3 is 0 Å². The Kier molecular flexibility index (Phi) is 8.95. The summed E-state index contributed by atoms with van der Waals surface area (Å²) in [6, 6.07) is 3.27. The molecule has 3 nitrogen and oxygen atoms in total. The molecule has 0 rings (SSSR count). The Labute approximate surface area is 81.4 Å². The Balaban J connectivity index is 3.53. The van der Waals surface area contributed by atoms with E-state index < -0.39 is 0 Å². The Morgan fingerprint density at radius 2 is 2.00 bits per heavy atom. The monoisotopic (exact) mass is 183 g/mol. The fourth-order valence-electron chi connectivity index (χ4n) is 1.13. The van der Waals surface area contributed by atoms with Gasteiger partial charge in [-0.1, -0.05) is 13.8 Å². The van der Waals surface area contributed by atoms with Crippen LogP contribution in [0.15, 0.2) is 9.98 Å². The minimum absolute atomic E-state index is 0.595. The Bertz CT molecular complexity index is 160. The van der Waals surface area contributed by atoms with Gasteiger partial charge in [-0.15, -0.1) is 0 Å². The van der Waals surface area contributed by atoms with Crippen molar-refractivity contribution in [1.82, 2.24) is 5.32 Å². The van der Waals surface area contributed by atoms with Crippen LogP contribution >= 0.6 is 0 Å². The molecule has 0 amide bonds. The SMILES string of the molecule is CCN=C=NCCC(CC)NCC. The van der Waals surface area contributed by atoms with Crippen LogP contribution in [0.1, 0.15) is 33.6 Å². The molecule has 0 aliphatic rings. The minimum atomic E-state index is 0.595. The van der Waals surface area contributed by atoms with Gasteiger partial charge in [-0.3, -0.25) is 0 Å². The first-order valence-corrected chi connectivity index (χ1v) is 5.16. The molecule has 1 N–H and O–H groups in total. The zero-order valence-corrected chi connectivity index (χ0v) is 9.01. The lowest BCUT2D eigenvalue weighted by atomic mass is 10.1. The highest BCUT2D eigenvalue weighted by Crippen LogP contribution is 1.96. The summed E-state index contributed by atoms with van der Waals surface area (Å²) in [6.07, 6.45) is 2.24. The molecule has 0 saturated heterocycles. The molecule has 0 spiro atoms. The van der Waals surface area contributed by atoms with Crippen LogP contribution in [0.2, 0.25) is 0 Å². The van der Waals surface area contributed by atoms with E-state index in [0.717, 1.165) is 32.5 Å². The van der Waals surface area contributed by atoms with Gasteiger partial charge in [0.2, 0.25) is 0 Å². The lowest BCUT2D eigenvalue weighted by Crippen LogP contribution is -2.28. The third-order valence-corrected chi connectivity index (χ3v) is 1.87. The second-order valence-electron chi connectivity index (χ2n) is 2.91. The van der Waals surface area contributed by atoms with Gasteiger partial charge in [-0.05, 0) is 26.3 Å². The quantitative estimate of drug-likeness (QED) is 0.602. The van der Waals surface area contributed by atoms with Crippen LogP contribution in [0, 0.1) is 0 Å². The summed E-state index contributed by atoms with van der Waals surface area (Å²) in [4.78, 5) is 7.98. The molecule has 1 unspecified atom stereocenters. The largest absolute Gasteiger partial charge is 0.314 e. The summed E-state index contributed by atoms with van der Waals surface area (Å²) in [5.74, 6) is 0. The maximum Gasteiger partial charge on any atom is 0.0892 e. The minimum Gasteiger partial charge on any atom is -0.314 e. The molecule has 0 saturated carbocycles. The molecular formula is C10H21N3. The van der Waals surface area contributed by atoms with Gasteiger partial charge in [0.1, 0.15) is 0 Å². The second-order valence-corrected chi connectivity index (χ2v) is 2.91. The van der Waals surface area contributed by atoms with E-state index in [2.05, 4.69) is 35.2 Å². The summed E-state index contributed by atoms with van der Waals surface area (Å²) in [5, 5.41) is 3.40. The number of hydrogen-bond donors (Lipinski definition) is 1. The van der Waals surface area contributed by atoms with E-state index in [1.54, 1.807) is 0 Å². The maximum atomic E-state index is 4.07. The standard InChI is InChI=1S/C10H21N3/c1-4-10(13-6-3)7-8-12-9-11-5-2/h10,13H,4-8H2,1-3H3. The molecule has 1 atom stereocenters. The summed E-state index contributed by atoms with van der Waals surface area (Å²) in [5.41, 5.74) is 0. The molecule has 0 aromatic rings. The number of nitrogens with one attached hydrogen (secondary N) is 1. The van der Waals surface area contributed by atoms with Crippen molar-refractivity contribution >= 4 is 6.01 Å². The molecular weight excluding hydrogens is 162 g/mol. The molecule has 76 valence electrons. The van der Waals surface area contributed by atoms with E-state index >= 15 is 0 Å².